The number of sulfonamides is 1. The minimum absolute atomic E-state index is 0.230. The molecule has 9 heteroatoms. The summed E-state index contributed by atoms with van der Waals surface area (Å²) in [7, 11) is -4.09. The molecule has 2 rings (SSSR count). The summed E-state index contributed by atoms with van der Waals surface area (Å²) in [5, 5.41) is 11.0. The molecule has 0 aliphatic carbocycles. The standard InChI is InChI=1S/C12H15FN2O4S2/c1-12(2)8-14(6-7-20-12)21(18,19)10-5-3-4-9(13)11(10)15(16)17/h3-5H,6-8H2,1-2H3. The Hall–Kier alpha value is -1.19. The molecule has 0 radical (unpaired) electrons. The summed E-state index contributed by atoms with van der Waals surface area (Å²) in [6, 6.07) is 3.12. The van der Waals surface area contributed by atoms with Crippen LogP contribution in [0.15, 0.2) is 23.1 Å². The summed E-state index contributed by atoms with van der Waals surface area (Å²) in [6.45, 7) is 4.29. The predicted molar refractivity (Wildman–Crippen MR) is 78.4 cm³/mol. The zero-order valence-electron chi connectivity index (χ0n) is 11.6. The minimum atomic E-state index is -4.09. The molecule has 1 saturated heterocycles. The van der Waals surface area contributed by atoms with Gasteiger partial charge in [-0.1, -0.05) is 6.07 Å². The summed E-state index contributed by atoms with van der Waals surface area (Å²) >= 11 is 1.64. The smallest absolute Gasteiger partial charge is 0.258 e. The Morgan fingerprint density at radius 3 is 2.67 bits per heavy atom. The molecule has 0 N–H and O–H groups in total. The van der Waals surface area contributed by atoms with E-state index in [1.165, 1.54) is 10.4 Å². The van der Waals surface area contributed by atoms with Gasteiger partial charge in [-0.2, -0.15) is 20.5 Å². The molecule has 1 aliphatic rings. The largest absolute Gasteiger partial charge is 0.324 e. The average molecular weight is 334 g/mol. The van der Waals surface area contributed by atoms with Crippen molar-refractivity contribution >= 4 is 27.5 Å². The van der Waals surface area contributed by atoms with Gasteiger partial charge in [-0.3, -0.25) is 10.1 Å². The third-order valence-electron chi connectivity index (χ3n) is 3.14. The van der Waals surface area contributed by atoms with Crippen LogP contribution in [0.1, 0.15) is 13.8 Å². The van der Waals surface area contributed by atoms with E-state index in [1.54, 1.807) is 11.8 Å². The quantitative estimate of drug-likeness (QED) is 0.625. The number of rotatable bonds is 3. The number of hydrogen-bond acceptors (Lipinski definition) is 5. The van der Waals surface area contributed by atoms with Crippen molar-refractivity contribution in [2.45, 2.75) is 23.5 Å². The molecule has 1 fully saturated rings. The van der Waals surface area contributed by atoms with Gasteiger partial charge in [-0.05, 0) is 26.0 Å². The molecule has 0 bridgehead atoms. The molecule has 0 saturated carbocycles. The molecule has 6 nitrogen and oxygen atoms in total. The van der Waals surface area contributed by atoms with Crippen LogP contribution in [0.3, 0.4) is 0 Å². The summed E-state index contributed by atoms with van der Waals surface area (Å²) in [4.78, 5) is 9.40. The molecule has 0 aromatic heterocycles. The normalized spacial score (nSPS) is 19.4. The zero-order valence-corrected chi connectivity index (χ0v) is 13.2. The highest BCUT2D eigenvalue weighted by molar-refractivity contribution is 8.00. The topological polar surface area (TPSA) is 80.5 Å². The molecule has 0 atom stereocenters. The number of benzene rings is 1. The van der Waals surface area contributed by atoms with Crippen molar-refractivity contribution in [2.75, 3.05) is 18.8 Å². The number of halogens is 1. The Labute approximate surface area is 126 Å². The molecule has 1 heterocycles. The highest BCUT2D eigenvalue weighted by Gasteiger charge is 2.38. The maximum atomic E-state index is 13.6. The number of thioether (sulfide) groups is 1. The second-order valence-corrected chi connectivity index (χ2v) is 9.00. The van der Waals surface area contributed by atoms with Gasteiger partial charge in [0.2, 0.25) is 15.8 Å². The van der Waals surface area contributed by atoms with Crippen LogP contribution in [0.5, 0.6) is 0 Å². The zero-order chi connectivity index (χ0) is 15.8. The Kier molecular flexibility index (Phi) is 4.27. The van der Waals surface area contributed by atoms with Gasteiger partial charge in [0.15, 0.2) is 4.90 Å². The number of nitrogens with zero attached hydrogens (tertiary/aromatic N) is 2. The molecule has 116 valence electrons. The SMILES string of the molecule is CC1(C)CN(S(=O)(=O)c2cccc(F)c2[N+](=O)[O-])CCS1. The van der Waals surface area contributed by atoms with Gasteiger partial charge in [0, 0.05) is 23.6 Å². The first kappa shape index (κ1) is 16.2. The van der Waals surface area contributed by atoms with E-state index >= 15 is 0 Å². The van der Waals surface area contributed by atoms with Crippen LogP contribution in [0.4, 0.5) is 10.1 Å². The fraction of sp³-hybridized carbons (Fsp3) is 0.500. The van der Waals surface area contributed by atoms with Crippen LogP contribution in [0, 0.1) is 15.9 Å². The number of nitro benzene ring substituents is 1. The molecule has 0 amide bonds. The van der Waals surface area contributed by atoms with Gasteiger partial charge in [0.1, 0.15) is 0 Å². The second-order valence-electron chi connectivity index (χ2n) is 5.29. The summed E-state index contributed by atoms with van der Waals surface area (Å²) in [5.74, 6) is -0.554. The molecule has 1 aromatic carbocycles. The van der Waals surface area contributed by atoms with Crippen LogP contribution in [0.25, 0.3) is 0 Å². The van der Waals surface area contributed by atoms with Gasteiger partial charge in [-0.25, -0.2) is 8.42 Å². The third kappa shape index (κ3) is 3.19. The van der Waals surface area contributed by atoms with E-state index in [0.29, 0.717) is 5.75 Å². The van der Waals surface area contributed by atoms with Crippen molar-refractivity contribution < 1.29 is 17.7 Å². The maximum Gasteiger partial charge on any atom is 0.324 e. The first-order valence-corrected chi connectivity index (χ1v) is 8.65. The molecule has 0 unspecified atom stereocenters. The lowest BCUT2D eigenvalue weighted by Crippen LogP contribution is -2.46. The summed E-state index contributed by atoms with van der Waals surface area (Å²) in [6.07, 6.45) is 0. The first-order valence-electron chi connectivity index (χ1n) is 6.22. The monoisotopic (exact) mass is 334 g/mol. The minimum Gasteiger partial charge on any atom is -0.258 e. The van der Waals surface area contributed by atoms with Crippen LogP contribution in [-0.4, -0.2) is 41.2 Å². The highest BCUT2D eigenvalue weighted by atomic mass is 32.2. The van der Waals surface area contributed by atoms with Crippen molar-refractivity contribution in [2.24, 2.45) is 0 Å². The number of para-hydroxylation sites is 1. The second kappa shape index (κ2) is 5.54. The molecule has 1 aromatic rings. The molecular formula is C12H15FN2O4S2. The fourth-order valence-electron chi connectivity index (χ4n) is 2.20. The van der Waals surface area contributed by atoms with Crippen molar-refractivity contribution in [3.63, 3.8) is 0 Å². The van der Waals surface area contributed by atoms with Crippen LogP contribution in [0.2, 0.25) is 0 Å². The lowest BCUT2D eigenvalue weighted by Gasteiger charge is -2.36. The van der Waals surface area contributed by atoms with Crippen LogP contribution >= 0.6 is 11.8 Å². The molecule has 1 aliphatic heterocycles. The van der Waals surface area contributed by atoms with E-state index < -0.39 is 31.3 Å². The first-order chi connectivity index (χ1) is 9.65. The average Bonchev–Trinajstić information content (AvgIpc) is 2.36. The van der Waals surface area contributed by atoms with Crippen molar-refractivity contribution in [1.82, 2.24) is 4.31 Å². The lowest BCUT2D eigenvalue weighted by atomic mass is 10.2. The highest BCUT2D eigenvalue weighted by Crippen LogP contribution is 2.35. The van der Waals surface area contributed by atoms with E-state index in [0.717, 1.165) is 12.1 Å². The van der Waals surface area contributed by atoms with E-state index in [-0.39, 0.29) is 17.8 Å². The Morgan fingerprint density at radius 2 is 2.10 bits per heavy atom. The van der Waals surface area contributed by atoms with Gasteiger partial charge < -0.3 is 0 Å². The number of hydrogen-bond donors (Lipinski definition) is 0. The summed E-state index contributed by atoms with van der Waals surface area (Å²) < 4.78 is 39.7. The Balaban J connectivity index is 2.50. The van der Waals surface area contributed by atoms with E-state index in [9.17, 15) is 22.9 Å². The Bertz CT molecular complexity index is 676. The molecule has 0 spiro atoms. The summed E-state index contributed by atoms with van der Waals surface area (Å²) in [5.41, 5.74) is -0.992. The van der Waals surface area contributed by atoms with Gasteiger partial charge >= 0.3 is 5.69 Å². The van der Waals surface area contributed by atoms with Crippen molar-refractivity contribution in [1.29, 1.82) is 0 Å². The van der Waals surface area contributed by atoms with Gasteiger partial charge in [0.05, 0.1) is 4.92 Å². The lowest BCUT2D eigenvalue weighted by molar-refractivity contribution is -0.390. The fourth-order valence-corrected chi connectivity index (χ4v) is 5.28. The maximum absolute atomic E-state index is 13.6. The van der Waals surface area contributed by atoms with Gasteiger partial charge in [0.25, 0.3) is 0 Å². The predicted octanol–water partition coefficient (Wildman–Crippen LogP) is 2.25. The number of nitro groups is 1. The Morgan fingerprint density at radius 1 is 1.43 bits per heavy atom. The van der Waals surface area contributed by atoms with Crippen molar-refractivity contribution in [3.8, 4) is 0 Å². The van der Waals surface area contributed by atoms with E-state index in [1.807, 2.05) is 13.8 Å². The van der Waals surface area contributed by atoms with E-state index in [2.05, 4.69) is 0 Å². The van der Waals surface area contributed by atoms with Crippen LogP contribution in [-0.2, 0) is 10.0 Å². The van der Waals surface area contributed by atoms with Crippen molar-refractivity contribution in [3.05, 3.63) is 34.1 Å². The third-order valence-corrected chi connectivity index (χ3v) is 6.31. The van der Waals surface area contributed by atoms with Crippen LogP contribution < -0.4 is 0 Å². The molecular weight excluding hydrogens is 319 g/mol. The van der Waals surface area contributed by atoms with Gasteiger partial charge in [-0.15, -0.1) is 0 Å². The molecule has 21 heavy (non-hydrogen) atoms. The van der Waals surface area contributed by atoms with E-state index in [4.69, 9.17) is 0 Å².